The van der Waals surface area contributed by atoms with Gasteiger partial charge < -0.3 is 15.5 Å². The van der Waals surface area contributed by atoms with E-state index in [0.29, 0.717) is 0 Å². The van der Waals surface area contributed by atoms with Crippen molar-refractivity contribution in [3.05, 3.63) is 30.1 Å². The molecule has 0 aliphatic carbocycles. The van der Waals surface area contributed by atoms with Gasteiger partial charge in [0.2, 0.25) is 5.91 Å². The lowest BCUT2D eigenvalue weighted by atomic mass is 9.97. The van der Waals surface area contributed by atoms with E-state index in [-0.39, 0.29) is 23.7 Å². The minimum Gasteiger partial charge on any atom is -0.369 e. The van der Waals surface area contributed by atoms with Crippen molar-refractivity contribution >= 4 is 11.6 Å². The summed E-state index contributed by atoms with van der Waals surface area (Å²) in [6.07, 6.45) is 4.05. The minimum atomic E-state index is -0.211. The van der Waals surface area contributed by atoms with Crippen molar-refractivity contribution < 1.29 is 9.18 Å². The molecule has 22 heavy (non-hydrogen) atoms. The van der Waals surface area contributed by atoms with Crippen molar-refractivity contribution in [2.45, 2.75) is 31.7 Å². The van der Waals surface area contributed by atoms with E-state index in [9.17, 15) is 9.18 Å². The van der Waals surface area contributed by atoms with Gasteiger partial charge in [-0.3, -0.25) is 4.79 Å². The van der Waals surface area contributed by atoms with Gasteiger partial charge >= 0.3 is 0 Å². The van der Waals surface area contributed by atoms with Gasteiger partial charge in [-0.1, -0.05) is 6.07 Å². The van der Waals surface area contributed by atoms with Crippen LogP contribution < -0.4 is 15.5 Å². The predicted octanol–water partition coefficient (Wildman–Crippen LogP) is 1.91. The van der Waals surface area contributed by atoms with Gasteiger partial charge in [0, 0.05) is 31.4 Å². The standard InChI is InChI=1S/C17H24FN3O/c18-14-5-1-7-16(10-14)21-9-3-6-15(12-21)20-17(22)13-4-2-8-19-11-13/h1,5,7,10,13,15,19H,2-4,6,8-9,11-12H2,(H,20,22). The predicted molar refractivity (Wildman–Crippen MR) is 85.4 cm³/mol. The molecule has 0 saturated carbocycles. The van der Waals surface area contributed by atoms with Crippen LogP contribution in [0.25, 0.3) is 0 Å². The average molecular weight is 305 g/mol. The number of benzene rings is 1. The number of nitrogens with zero attached hydrogens (tertiary/aromatic N) is 1. The number of nitrogens with one attached hydrogen (secondary N) is 2. The van der Waals surface area contributed by atoms with Crippen LogP contribution in [0.1, 0.15) is 25.7 Å². The fourth-order valence-electron chi connectivity index (χ4n) is 3.40. The Morgan fingerprint density at radius 1 is 1.32 bits per heavy atom. The van der Waals surface area contributed by atoms with Crippen LogP contribution in [0.3, 0.4) is 0 Å². The summed E-state index contributed by atoms with van der Waals surface area (Å²) in [6.45, 7) is 3.48. The third-order valence-corrected chi connectivity index (χ3v) is 4.61. The molecule has 2 atom stereocenters. The number of carbonyl (C=O) groups is 1. The normalized spacial score (nSPS) is 25.8. The molecule has 2 heterocycles. The molecule has 2 aliphatic heterocycles. The first-order chi connectivity index (χ1) is 10.7. The van der Waals surface area contributed by atoms with Crippen molar-refractivity contribution in [2.75, 3.05) is 31.1 Å². The van der Waals surface area contributed by atoms with E-state index in [0.717, 1.165) is 57.5 Å². The van der Waals surface area contributed by atoms with Crippen molar-refractivity contribution in [1.29, 1.82) is 0 Å². The van der Waals surface area contributed by atoms with Crippen LogP contribution in [-0.4, -0.2) is 38.1 Å². The summed E-state index contributed by atoms with van der Waals surface area (Å²) >= 11 is 0. The second kappa shape index (κ2) is 7.09. The first-order valence-electron chi connectivity index (χ1n) is 8.24. The van der Waals surface area contributed by atoms with Gasteiger partial charge in [0.25, 0.3) is 0 Å². The van der Waals surface area contributed by atoms with Gasteiger partial charge in [0.05, 0.1) is 5.92 Å². The zero-order chi connectivity index (χ0) is 15.4. The molecule has 5 heteroatoms. The van der Waals surface area contributed by atoms with E-state index in [1.165, 1.54) is 6.07 Å². The summed E-state index contributed by atoms with van der Waals surface area (Å²) in [4.78, 5) is 14.5. The second-order valence-electron chi connectivity index (χ2n) is 6.32. The maximum absolute atomic E-state index is 13.4. The van der Waals surface area contributed by atoms with Crippen LogP contribution in [0, 0.1) is 11.7 Å². The molecule has 0 aromatic heterocycles. The van der Waals surface area contributed by atoms with E-state index < -0.39 is 0 Å². The lowest BCUT2D eigenvalue weighted by Crippen LogP contribution is -2.51. The smallest absolute Gasteiger partial charge is 0.224 e. The van der Waals surface area contributed by atoms with Crippen molar-refractivity contribution in [1.82, 2.24) is 10.6 Å². The number of hydrogen-bond acceptors (Lipinski definition) is 3. The SMILES string of the molecule is O=C(NC1CCCN(c2cccc(F)c2)C1)C1CCCNC1. The monoisotopic (exact) mass is 305 g/mol. The number of hydrogen-bond donors (Lipinski definition) is 2. The van der Waals surface area contributed by atoms with Gasteiger partial charge in [0.1, 0.15) is 5.82 Å². The topological polar surface area (TPSA) is 44.4 Å². The molecule has 2 fully saturated rings. The number of piperidine rings is 2. The summed E-state index contributed by atoms with van der Waals surface area (Å²) in [7, 11) is 0. The lowest BCUT2D eigenvalue weighted by molar-refractivity contribution is -0.126. The zero-order valence-corrected chi connectivity index (χ0v) is 12.9. The highest BCUT2D eigenvalue weighted by atomic mass is 19.1. The quantitative estimate of drug-likeness (QED) is 0.896. The van der Waals surface area contributed by atoms with Crippen LogP contribution in [-0.2, 0) is 4.79 Å². The fourth-order valence-corrected chi connectivity index (χ4v) is 3.40. The molecule has 1 aromatic rings. The molecule has 3 rings (SSSR count). The molecule has 2 saturated heterocycles. The molecule has 0 spiro atoms. The van der Waals surface area contributed by atoms with Gasteiger partial charge in [-0.15, -0.1) is 0 Å². The van der Waals surface area contributed by atoms with E-state index in [1.807, 2.05) is 6.07 Å². The van der Waals surface area contributed by atoms with Gasteiger partial charge in [-0.25, -0.2) is 4.39 Å². The number of rotatable bonds is 3. The summed E-state index contributed by atoms with van der Waals surface area (Å²) in [6, 6.07) is 6.85. The molecular formula is C17H24FN3O. The maximum atomic E-state index is 13.4. The fraction of sp³-hybridized carbons (Fsp3) is 0.588. The number of halogens is 1. The Labute approximate surface area is 131 Å². The Morgan fingerprint density at radius 3 is 3.00 bits per heavy atom. The third kappa shape index (κ3) is 3.77. The van der Waals surface area contributed by atoms with E-state index in [4.69, 9.17) is 0 Å². The molecule has 1 amide bonds. The lowest BCUT2D eigenvalue weighted by Gasteiger charge is -2.35. The molecule has 120 valence electrons. The van der Waals surface area contributed by atoms with Crippen LogP contribution in [0.4, 0.5) is 10.1 Å². The summed E-state index contributed by atoms with van der Waals surface area (Å²) in [5, 5.41) is 6.47. The number of anilines is 1. The van der Waals surface area contributed by atoms with Gasteiger partial charge in [-0.05, 0) is 50.4 Å². The first-order valence-corrected chi connectivity index (χ1v) is 8.24. The van der Waals surface area contributed by atoms with Crippen LogP contribution in [0.15, 0.2) is 24.3 Å². The highest BCUT2D eigenvalue weighted by molar-refractivity contribution is 5.79. The summed E-state index contributed by atoms with van der Waals surface area (Å²) in [5.41, 5.74) is 0.901. The molecule has 0 radical (unpaired) electrons. The summed E-state index contributed by atoms with van der Waals surface area (Å²) in [5.74, 6) is 0.0496. The Balaban J connectivity index is 1.57. The number of carbonyl (C=O) groups excluding carboxylic acids is 1. The highest BCUT2D eigenvalue weighted by Gasteiger charge is 2.26. The molecule has 2 N–H and O–H groups in total. The van der Waals surface area contributed by atoms with Crippen LogP contribution in [0.5, 0.6) is 0 Å². The Bertz CT molecular complexity index is 516. The number of amides is 1. The first kappa shape index (κ1) is 15.3. The van der Waals surface area contributed by atoms with Crippen LogP contribution >= 0.6 is 0 Å². The molecule has 4 nitrogen and oxygen atoms in total. The Hall–Kier alpha value is -1.62. The van der Waals surface area contributed by atoms with E-state index in [2.05, 4.69) is 15.5 Å². The van der Waals surface area contributed by atoms with Gasteiger partial charge in [0.15, 0.2) is 0 Å². The Kier molecular flexibility index (Phi) is 4.93. The maximum Gasteiger partial charge on any atom is 0.224 e. The minimum absolute atomic E-state index is 0.0956. The third-order valence-electron chi connectivity index (χ3n) is 4.61. The van der Waals surface area contributed by atoms with Crippen molar-refractivity contribution in [3.63, 3.8) is 0 Å². The van der Waals surface area contributed by atoms with E-state index in [1.54, 1.807) is 12.1 Å². The molecule has 2 unspecified atom stereocenters. The van der Waals surface area contributed by atoms with Crippen molar-refractivity contribution in [3.8, 4) is 0 Å². The van der Waals surface area contributed by atoms with E-state index >= 15 is 0 Å². The zero-order valence-electron chi connectivity index (χ0n) is 12.9. The second-order valence-corrected chi connectivity index (χ2v) is 6.32. The molecule has 0 bridgehead atoms. The largest absolute Gasteiger partial charge is 0.369 e. The highest BCUT2D eigenvalue weighted by Crippen LogP contribution is 2.21. The molecular weight excluding hydrogens is 281 g/mol. The Morgan fingerprint density at radius 2 is 2.23 bits per heavy atom. The molecule has 1 aromatic carbocycles. The summed E-state index contributed by atoms with van der Waals surface area (Å²) < 4.78 is 13.4. The average Bonchev–Trinajstić information content (AvgIpc) is 2.56. The van der Waals surface area contributed by atoms with Gasteiger partial charge in [-0.2, -0.15) is 0 Å². The van der Waals surface area contributed by atoms with Crippen molar-refractivity contribution in [2.24, 2.45) is 5.92 Å². The molecule has 2 aliphatic rings. The van der Waals surface area contributed by atoms with Crippen LogP contribution in [0.2, 0.25) is 0 Å².